The number of fused-ring (bicyclic) bond motifs is 1. The molecule has 0 saturated heterocycles. The fraction of sp³-hybridized carbons (Fsp3) is 0.478. The number of carbonyl (C=O) groups excluding carboxylic acids is 2. The first kappa shape index (κ1) is 20.6. The first-order chi connectivity index (χ1) is 13.4. The molecule has 1 aromatic carbocycles. The minimum absolute atomic E-state index is 0.306. The highest BCUT2D eigenvalue weighted by atomic mass is 32.1. The normalized spacial score (nSPS) is 18.1. The van der Waals surface area contributed by atoms with Crippen LogP contribution in [0.5, 0.6) is 0 Å². The second-order valence-electron chi connectivity index (χ2n) is 7.84. The van der Waals surface area contributed by atoms with Crippen LogP contribution in [-0.4, -0.2) is 18.0 Å². The molecule has 0 unspecified atom stereocenters. The summed E-state index contributed by atoms with van der Waals surface area (Å²) < 4.78 is 5.46. The Labute approximate surface area is 171 Å². The fourth-order valence-corrected chi connectivity index (χ4v) is 4.66. The summed E-state index contributed by atoms with van der Waals surface area (Å²) in [6.07, 6.45) is 3.34. The van der Waals surface area contributed by atoms with E-state index in [0.29, 0.717) is 16.7 Å². The molecule has 1 aromatic heterocycles. The lowest BCUT2D eigenvalue weighted by atomic mass is 9.90. The van der Waals surface area contributed by atoms with Gasteiger partial charge in [0.15, 0.2) is 6.10 Å². The zero-order valence-electron chi connectivity index (χ0n) is 17.1. The van der Waals surface area contributed by atoms with Crippen LogP contribution in [0.3, 0.4) is 0 Å². The Bertz CT molecular complexity index is 857. The van der Waals surface area contributed by atoms with Crippen LogP contribution in [0.1, 0.15) is 72.1 Å². The van der Waals surface area contributed by atoms with Crippen molar-refractivity contribution in [1.29, 1.82) is 0 Å². The van der Waals surface area contributed by atoms with Gasteiger partial charge in [-0.15, -0.1) is 11.3 Å². The fourth-order valence-electron chi connectivity index (χ4n) is 3.57. The Morgan fingerprint density at radius 1 is 1.29 bits per heavy atom. The zero-order chi connectivity index (χ0) is 20.3. The maximum atomic E-state index is 12.6. The lowest BCUT2D eigenvalue weighted by molar-refractivity contribution is -0.123. The maximum Gasteiger partial charge on any atom is 0.349 e. The van der Waals surface area contributed by atoms with Crippen LogP contribution in [0.15, 0.2) is 30.3 Å². The van der Waals surface area contributed by atoms with Crippen LogP contribution in [0, 0.1) is 5.92 Å². The largest absolute Gasteiger partial charge is 0.448 e. The number of ether oxygens (including phenoxy) is 1. The molecule has 1 N–H and O–H groups in total. The van der Waals surface area contributed by atoms with Gasteiger partial charge in [0.05, 0.1) is 0 Å². The number of hydrogen-bond donors (Lipinski definition) is 1. The van der Waals surface area contributed by atoms with Crippen molar-refractivity contribution in [1.82, 2.24) is 0 Å². The van der Waals surface area contributed by atoms with Crippen molar-refractivity contribution in [3.63, 3.8) is 0 Å². The number of thiophene rings is 1. The van der Waals surface area contributed by atoms with Crippen LogP contribution in [0.25, 0.3) is 0 Å². The van der Waals surface area contributed by atoms with E-state index in [0.717, 1.165) is 36.9 Å². The molecule has 3 atom stereocenters. The highest BCUT2D eigenvalue weighted by Crippen LogP contribution is 2.32. The quantitative estimate of drug-likeness (QED) is 0.646. The number of anilines is 1. The summed E-state index contributed by atoms with van der Waals surface area (Å²) in [5.74, 6) is 0.277. The van der Waals surface area contributed by atoms with Crippen molar-refractivity contribution in [3.05, 3.63) is 51.2 Å². The summed E-state index contributed by atoms with van der Waals surface area (Å²) in [4.78, 5) is 27.0. The molecule has 0 bridgehead atoms. The van der Waals surface area contributed by atoms with Crippen LogP contribution in [0.4, 0.5) is 5.69 Å². The minimum atomic E-state index is -0.851. The highest BCUT2D eigenvalue weighted by molar-refractivity contribution is 7.14. The van der Waals surface area contributed by atoms with E-state index in [2.05, 4.69) is 26.1 Å². The predicted molar refractivity (Wildman–Crippen MR) is 114 cm³/mol. The molecule has 0 aliphatic heterocycles. The molecule has 4 nitrogen and oxygen atoms in total. The first-order valence-corrected chi connectivity index (χ1v) is 10.9. The van der Waals surface area contributed by atoms with Crippen molar-refractivity contribution in [2.24, 2.45) is 5.92 Å². The monoisotopic (exact) mass is 399 g/mol. The van der Waals surface area contributed by atoms with Gasteiger partial charge in [-0.2, -0.15) is 0 Å². The summed E-state index contributed by atoms with van der Waals surface area (Å²) in [6, 6.07) is 9.73. The van der Waals surface area contributed by atoms with Gasteiger partial charge in [0, 0.05) is 10.6 Å². The number of esters is 1. The smallest absolute Gasteiger partial charge is 0.349 e. The average Bonchev–Trinajstić information content (AvgIpc) is 3.11. The number of rotatable bonds is 6. The lowest BCUT2D eigenvalue weighted by Gasteiger charge is -2.18. The van der Waals surface area contributed by atoms with E-state index in [1.54, 1.807) is 6.92 Å². The van der Waals surface area contributed by atoms with Crippen LogP contribution < -0.4 is 5.32 Å². The van der Waals surface area contributed by atoms with E-state index in [-0.39, 0.29) is 5.91 Å². The first-order valence-electron chi connectivity index (χ1n) is 10.1. The van der Waals surface area contributed by atoms with Crippen molar-refractivity contribution in [2.45, 2.75) is 65.4 Å². The van der Waals surface area contributed by atoms with Gasteiger partial charge in [-0.3, -0.25) is 4.79 Å². The number of hydrogen-bond acceptors (Lipinski definition) is 4. The van der Waals surface area contributed by atoms with E-state index < -0.39 is 12.1 Å². The Kier molecular flexibility index (Phi) is 6.55. The summed E-state index contributed by atoms with van der Waals surface area (Å²) in [7, 11) is 0. The molecule has 0 fully saturated rings. The van der Waals surface area contributed by atoms with Gasteiger partial charge in [0.1, 0.15) is 4.88 Å². The molecular formula is C23H29NO3S. The SMILES string of the molecule is CC[C@@H](C)c1ccccc1NC(=O)[C@H](C)OC(=O)c1cc2c(s1)CC[C@H](C)C2. The number of amides is 1. The molecule has 1 amide bonds. The van der Waals surface area contributed by atoms with E-state index in [9.17, 15) is 9.59 Å². The topological polar surface area (TPSA) is 55.4 Å². The number of para-hydroxylation sites is 1. The number of carbonyl (C=O) groups is 2. The second kappa shape index (κ2) is 8.91. The van der Waals surface area contributed by atoms with E-state index >= 15 is 0 Å². The van der Waals surface area contributed by atoms with Crippen molar-refractivity contribution in [3.8, 4) is 0 Å². The van der Waals surface area contributed by atoms with Crippen LogP contribution in [-0.2, 0) is 22.4 Å². The van der Waals surface area contributed by atoms with Gasteiger partial charge in [-0.1, -0.05) is 39.0 Å². The molecule has 0 radical (unpaired) electrons. The molecule has 1 aliphatic carbocycles. The maximum absolute atomic E-state index is 12.6. The lowest BCUT2D eigenvalue weighted by Crippen LogP contribution is -2.30. The number of aryl methyl sites for hydroxylation is 1. The molecule has 0 saturated carbocycles. The van der Waals surface area contributed by atoms with Gasteiger partial charge in [-0.25, -0.2) is 4.79 Å². The third kappa shape index (κ3) is 4.64. The zero-order valence-corrected chi connectivity index (χ0v) is 17.9. The second-order valence-corrected chi connectivity index (χ2v) is 8.98. The van der Waals surface area contributed by atoms with Gasteiger partial charge in [0.2, 0.25) is 0 Å². The van der Waals surface area contributed by atoms with Gasteiger partial charge >= 0.3 is 5.97 Å². The van der Waals surface area contributed by atoms with E-state index in [1.165, 1.54) is 21.8 Å². The average molecular weight is 400 g/mol. The molecule has 5 heteroatoms. The molecule has 1 heterocycles. The number of nitrogens with one attached hydrogen (secondary N) is 1. The Hall–Kier alpha value is -2.14. The van der Waals surface area contributed by atoms with E-state index in [1.807, 2.05) is 30.3 Å². The molecule has 28 heavy (non-hydrogen) atoms. The van der Waals surface area contributed by atoms with Gasteiger partial charge < -0.3 is 10.1 Å². The summed E-state index contributed by atoms with van der Waals surface area (Å²) in [5, 5.41) is 2.92. The third-order valence-electron chi connectivity index (χ3n) is 5.55. The van der Waals surface area contributed by atoms with Gasteiger partial charge in [0.25, 0.3) is 5.91 Å². The Morgan fingerprint density at radius 2 is 2.04 bits per heavy atom. The summed E-state index contributed by atoms with van der Waals surface area (Å²) >= 11 is 1.51. The Morgan fingerprint density at radius 3 is 2.79 bits per heavy atom. The molecule has 150 valence electrons. The third-order valence-corrected chi connectivity index (χ3v) is 6.76. The predicted octanol–water partition coefficient (Wildman–Crippen LogP) is 5.57. The standard InChI is InChI=1S/C23H29NO3S/c1-5-15(3)18-8-6-7-9-19(18)24-22(25)16(4)27-23(26)21-13-17-12-14(2)10-11-20(17)28-21/h6-9,13-16H,5,10-12H2,1-4H3,(H,24,25)/t14-,15+,16-/m0/s1. The molecule has 1 aliphatic rings. The molecule has 0 spiro atoms. The van der Waals surface area contributed by atoms with Crippen molar-refractivity contribution >= 4 is 28.9 Å². The summed E-state index contributed by atoms with van der Waals surface area (Å²) in [5.41, 5.74) is 3.14. The van der Waals surface area contributed by atoms with Crippen molar-refractivity contribution < 1.29 is 14.3 Å². The van der Waals surface area contributed by atoms with Gasteiger partial charge in [-0.05, 0) is 67.7 Å². The molecule has 2 aromatic rings. The van der Waals surface area contributed by atoms with Crippen LogP contribution in [0.2, 0.25) is 0 Å². The minimum Gasteiger partial charge on any atom is -0.448 e. The molecule has 3 rings (SSSR count). The number of benzene rings is 1. The summed E-state index contributed by atoms with van der Waals surface area (Å²) in [6.45, 7) is 8.11. The highest BCUT2D eigenvalue weighted by Gasteiger charge is 2.24. The van der Waals surface area contributed by atoms with E-state index in [4.69, 9.17) is 4.74 Å². The van der Waals surface area contributed by atoms with Crippen LogP contribution >= 0.6 is 11.3 Å². The molecular weight excluding hydrogens is 370 g/mol. The Balaban J connectivity index is 1.64. The van der Waals surface area contributed by atoms with Crippen molar-refractivity contribution in [2.75, 3.05) is 5.32 Å².